The van der Waals surface area contributed by atoms with Gasteiger partial charge in [-0.2, -0.15) is 0 Å². The monoisotopic (exact) mass is 1820 g/mol. The standard InChI is InChI=1S/C27H35BrO9.C27H33BrO8.C27H31BrO8.CH4.H2P2S/c1-15(28)13-19(35-27(33)16-5-3-2-4-6-16)8-7-17(30)14-21-22(31)25-26(37-21)23(32)24-20(36-25)10-9-18(34-24)11-12-29;2*1-15(28)13-18(32-26(30)16-5-3-2-4-6-16)9-11-27-14-20-22(35-27)23-24(34-20)25(36-27)21-19(33-23)8-7-17(31-21)10-12-29;;1-2-3/h2-6,18-26,29,31-32H,1,7-14H2;2-6,17-25,29H,1,7-14H2;2-6,12,17-25H,1,7-11,13-14H2;1H4;1H2/p+1/t18-,19-,20+,21-,22+,23+,24+,25+,26+;2*17-,18-,19+,20-,21+,22?,23+,24-,25?,27+;;/m111../s1/i/hT. The largest absolute Gasteiger partial charge is 0.458 e. The summed E-state index contributed by atoms with van der Waals surface area (Å²) in [5.74, 6) is -3.07. The molecule has 25 nitrogen and oxygen atoms in total. The summed E-state index contributed by atoms with van der Waals surface area (Å²) in [6.45, 7) is 10.9. The molecule has 15 fully saturated rings. The molecule has 0 radical (unpaired) electrons. The molecule has 15 aliphatic rings. The Hall–Kier alpha value is -3.66. The number of fused-ring (bicyclic) bond motifs is 4. The number of aliphatic hydroxyl groups excluding tert-OH is 4. The van der Waals surface area contributed by atoms with Crippen LogP contribution in [0, 0.1) is 0 Å². The van der Waals surface area contributed by atoms with Gasteiger partial charge < -0.3 is 101 Å². The van der Waals surface area contributed by atoms with E-state index < -0.39 is 73.4 Å². The number of hydrogen-bond acceptors (Lipinski definition) is 26. The average molecular weight is 1830 g/mol. The molecule has 0 aromatic heterocycles. The summed E-state index contributed by atoms with van der Waals surface area (Å²) in [4.78, 5) is 61.9. The zero-order valence-electron chi connectivity index (χ0n) is 63.1. The van der Waals surface area contributed by atoms with Crippen LogP contribution in [0.4, 0.5) is 0 Å². The first-order chi connectivity index (χ1) is 54.4. The quantitative estimate of drug-likeness (QED) is 0.0217. The van der Waals surface area contributed by atoms with Gasteiger partial charge in [-0.3, -0.25) is 4.79 Å². The summed E-state index contributed by atoms with van der Waals surface area (Å²) >= 11 is 14.5. The second kappa shape index (κ2) is 40.6. The maximum atomic E-state index is 12.8. The number of aliphatic hydroxyl groups is 4. The first-order valence-electron chi connectivity index (χ1n) is 39.5. The van der Waals surface area contributed by atoms with E-state index in [0.717, 1.165) is 40.9 Å². The van der Waals surface area contributed by atoms with E-state index in [2.05, 4.69) is 88.3 Å². The van der Waals surface area contributed by atoms with Crippen molar-refractivity contribution in [2.75, 3.05) is 13.2 Å². The summed E-state index contributed by atoms with van der Waals surface area (Å²) in [7, 11) is 2.20. The van der Waals surface area contributed by atoms with Crippen LogP contribution in [0.5, 0.6) is 0 Å². The number of aldehydes is 1. The van der Waals surface area contributed by atoms with Gasteiger partial charge in [-0.1, -0.05) is 130 Å². The topological polar surface area (TPSA) is 314 Å². The zero-order chi connectivity index (χ0) is 79.8. The number of carbonyl (C=O) groups is 5. The van der Waals surface area contributed by atoms with Gasteiger partial charge in [0.15, 0.2) is 30.4 Å². The highest BCUT2D eigenvalue weighted by Gasteiger charge is 2.71. The van der Waals surface area contributed by atoms with Gasteiger partial charge in [0.2, 0.25) is 0 Å². The Labute approximate surface area is 695 Å². The summed E-state index contributed by atoms with van der Waals surface area (Å²) in [5, 5.41) is 40.4. The minimum atomic E-state index is -1.06. The third-order valence-corrected chi connectivity index (χ3v) is 24.2. The lowest BCUT2D eigenvalue weighted by Crippen LogP contribution is -2.61. The summed E-state index contributed by atoms with van der Waals surface area (Å²) < 4.78 is 109. The highest BCUT2D eigenvalue weighted by Crippen LogP contribution is 2.56. The fraction of sp³-hybridized carbons (Fsp3) is 0.646. The van der Waals surface area contributed by atoms with Gasteiger partial charge >= 0.3 is 19.2 Å². The first kappa shape index (κ1) is 87.2. The van der Waals surface area contributed by atoms with Gasteiger partial charge in [0.05, 0.1) is 80.6 Å². The molecule has 3 aromatic rings. The number of benzene rings is 3. The molecule has 0 amide bonds. The van der Waals surface area contributed by atoms with Gasteiger partial charge in [-0.15, -0.1) is 0 Å². The Morgan fingerprint density at radius 3 is 1.27 bits per heavy atom. The van der Waals surface area contributed by atoms with Crippen molar-refractivity contribution in [1.82, 2.24) is 0 Å². The normalized spacial score (nSPS) is 37.5. The molecule has 0 aliphatic carbocycles. The van der Waals surface area contributed by atoms with Crippen molar-refractivity contribution in [1.29, 1.82) is 1.28 Å². The lowest BCUT2D eigenvalue weighted by Gasteiger charge is -2.47. The minimum absolute atomic E-state index is 0. The van der Waals surface area contributed by atoms with E-state index in [0.29, 0.717) is 117 Å². The number of ether oxygens (including phenoxy) is 16. The lowest BCUT2D eigenvalue weighted by atomic mass is 9.87. The van der Waals surface area contributed by atoms with Gasteiger partial charge in [0.25, 0.3) is 0 Å². The molecular weight excluding hydrogens is 1720 g/mol. The van der Waals surface area contributed by atoms with Gasteiger partial charge in [0.1, 0.15) is 122 Å². The van der Waals surface area contributed by atoms with Crippen molar-refractivity contribution in [2.45, 2.75) is 319 Å². The second-order valence-corrected chi connectivity index (χ2v) is 37.1. The lowest BCUT2D eigenvalue weighted by molar-refractivity contribution is -0.293. The molecule has 3 aromatic carbocycles. The number of hydrogen-bond donors (Lipinski definition) is 4. The van der Waals surface area contributed by atoms with E-state index in [4.69, 9.17) is 77.1 Å². The van der Waals surface area contributed by atoms with Crippen molar-refractivity contribution in [3.05, 3.63) is 141 Å². The Morgan fingerprint density at radius 2 is 0.858 bits per heavy atom. The van der Waals surface area contributed by atoms with Gasteiger partial charge in [-0.25, -0.2) is 14.4 Å². The molecular formula is C82H106Br3O25P2S+. The van der Waals surface area contributed by atoms with E-state index in [1.807, 2.05) is 42.5 Å². The van der Waals surface area contributed by atoms with E-state index in [-0.39, 0.29) is 167 Å². The van der Waals surface area contributed by atoms with E-state index in [1.54, 1.807) is 48.5 Å². The molecule has 18 rings (SSSR count). The smallest absolute Gasteiger partial charge is 0.355 e. The van der Waals surface area contributed by atoms with E-state index in [9.17, 15) is 44.4 Å². The molecule has 620 valence electrons. The third kappa shape index (κ3) is 21.4. The molecule has 6 unspecified atom stereocenters. The number of carbonyl (C=O) groups excluding carboxylic acids is 5. The number of halogens is 3. The molecule has 15 saturated heterocycles. The van der Waals surface area contributed by atoms with Crippen LogP contribution >= 0.6 is 63.7 Å². The van der Waals surface area contributed by atoms with Crippen LogP contribution in [0.1, 0.15) is 173 Å². The average Bonchev–Trinajstić information content (AvgIpc) is 1.55. The van der Waals surface area contributed by atoms with Crippen LogP contribution in [0.2, 0.25) is 0 Å². The summed E-state index contributed by atoms with van der Waals surface area (Å²) in [5.41, 5.74) is 1.45. The number of Topliss-reactive ketones (excluding diaryl/α,β-unsaturated/α-hetero) is 1. The molecule has 0 saturated carbocycles. The van der Waals surface area contributed by atoms with Crippen LogP contribution in [0.25, 0.3) is 0 Å². The highest BCUT2D eigenvalue weighted by molar-refractivity contribution is 9.12. The SMILES string of the molecule is C.C=C(Br)C[C@@H](CCC(=O)C[C@H]1O[C@H]2[C@@H](O)[C@H]3O[C@@H](CCO)CC[C@@H]3O[C@H]2[C@H]1O)OC(=O)c1ccccc1.C=C(Br)C[C@@H](CC[C@@]12C[C@H]3O[C@H]4C(O1)[C@H]1O[C@@H](CC=O)CC[C@@H]1O[C@H]4C3O2)OC(=O)c1ccccc1.C=C(Br)C[C@@H](CC[C@@]12C[C@H]3O[C@H]4C(O1)[C@H]1O[C@@H](CCO)CC[C@@H]1O[C@H]4C3O2)OC(=O)c1ccccc1.[3H][P+](P)=S. The minimum Gasteiger partial charge on any atom is -0.458 e. The van der Waals surface area contributed by atoms with E-state index >= 15 is 0 Å². The first-order valence-corrected chi connectivity index (χ1v) is 44.9. The van der Waals surface area contributed by atoms with Crippen LogP contribution < -0.4 is 0 Å². The van der Waals surface area contributed by atoms with Crippen LogP contribution in [-0.2, 0) is 97.2 Å². The van der Waals surface area contributed by atoms with Crippen LogP contribution in [0.3, 0.4) is 0 Å². The van der Waals surface area contributed by atoms with Crippen molar-refractivity contribution in [2.24, 2.45) is 0 Å². The van der Waals surface area contributed by atoms with Crippen molar-refractivity contribution in [3.63, 3.8) is 0 Å². The molecule has 15 aliphatic heterocycles. The molecule has 31 heteroatoms. The number of rotatable bonds is 29. The van der Waals surface area contributed by atoms with Crippen molar-refractivity contribution >= 4 is 105 Å². The second-order valence-electron chi connectivity index (χ2n) is 31.0. The van der Waals surface area contributed by atoms with Crippen LogP contribution in [-0.4, -0.2) is 241 Å². The maximum absolute atomic E-state index is 12.8. The maximum Gasteiger partial charge on any atom is 0.355 e. The molecule has 113 heavy (non-hydrogen) atoms. The molecule has 31 atom stereocenters. The fourth-order valence-electron chi connectivity index (χ4n) is 18.2. The van der Waals surface area contributed by atoms with Gasteiger partial charge in [0, 0.05) is 77.4 Å². The van der Waals surface area contributed by atoms with E-state index in [1.165, 1.54) is 0 Å². The highest BCUT2D eigenvalue weighted by atomic mass is 79.9. The van der Waals surface area contributed by atoms with Crippen molar-refractivity contribution in [3.8, 4) is 0 Å². The van der Waals surface area contributed by atoms with Gasteiger partial charge in [-0.05, 0) is 120 Å². The Bertz CT molecular complexity index is 3790. The van der Waals surface area contributed by atoms with Crippen molar-refractivity contribution < 1.29 is 120 Å². The Morgan fingerprint density at radius 1 is 0.504 bits per heavy atom. The summed E-state index contributed by atoms with van der Waals surface area (Å²) in [6, 6.07) is 26.6. The Balaban J connectivity index is 0.000000154. The summed E-state index contributed by atoms with van der Waals surface area (Å²) in [6.07, 6.45) is 2.26. The van der Waals surface area contributed by atoms with Crippen LogP contribution in [0.15, 0.2) is 124 Å². The predicted molar refractivity (Wildman–Crippen MR) is 430 cm³/mol. The fourth-order valence-corrected chi connectivity index (χ4v) is 19.3. The number of esters is 3. The predicted octanol–water partition coefficient (Wildman–Crippen LogP) is 11.5. The molecule has 4 N–H and O–H groups in total. The molecule has 15 heterocycles. The number of ketones is 1. The zero-order valence-corrected chi connectivity index (χ0v) is 69.8. The molecule has 0 spiro atoms. The Kier molecular flexibility index (Phi) is 31.3. The third-order valence-electron chi connectivity index (χ3n) is 23.3. The molecule has 12 bridgehead atoms.